The van der Waals surface area contributed by atoms with Crippen molar-refractivity contribution in [1.82, 2.24) is 0 Å². The maximum atomic E-state index is 11.5. The average Bonchev–Trinajstić information content (AvgIpc) is 3.31. The van der Waals surface area contributed by atoms with Crippen LogP contribution in [0.2, 0.25) is 0 Å². The number of carboxylic acids is 2. The van der Waals surface area contributed by atoms with E-state index in [-0.39, 0.29) is 17.2 Å². The molecule has 1 fully saturated rings. The second-order valence-corrected chi connectivity index (χ2v) is 5.19. The molecule has 3 rings (SSSR count). The summed E-state index contributed by atoms with van der Waals surface area (Å²) >= 11 is 0. The second-order valence-electron chi connectivity index (χ2n) is 5.19. The Kier molecular flexibility index (Phi) is 3.65. The molecule has 112 valence electrons. The number of carboxylic acid groups (broad SMARTS) is 2. The van der Waals surface area contributed by atoms with Crippen molar-refractivity contribution in [1.29, 1.82) is 0 Å². The lowest BCUT2D eigenvalue weighted by Gasteiger charge is -2.12. The van der Waals surface area contributed by atoms with E-state index < -0.39 is 11.9 Å². The molecule has 2 aromatic rings. The molecule has 2 N–H and O–H groups in total. The summed E-state index contributed by atoms with van der Waals surface area (Å²) < 4.78 is 5.11. The Bertz CT molecular complexity index is 697. The molecule has 1 unspecified atom stereocenters. The Morgan fingerprint density at radius 2 is 1.55 bits per heavy atom. The van der Waals surface area contributed by atoms with Crippen molar-refractivity contribution in [3.05, 3.63) is 59.2 Å². The van der Waals surface area contributed by atoms with Crippen LogP contribution in [0.15, 0.2) is 42.5 Å². The predicted molar refractivity (Wildman–Crippen MR) is 79.2 cm³/mol. The van der Waals surface area contributed by atoms with E-state index in [1.165, 1.54) is 12.1 Å². The predicted octanol–water partition coefficient (Wildman–Crippen LogP) is 2.69. The summed E-state index contributed by atoms with van der Waals surface area (Å²) in [6.07, 6.45) is 0.219. The monoisotopic (exact) mass is 298 g/mol. The Labute approximate surface area is 126 Å². The normalized spacial score (nSPS) is 16.3. The number of rotatable bonds is 5. The van der Waals surface area contributed by atoms with Crippen molar-refractivity contribution in [2.75, 3.05) is 6.61 Å². The van der Waals surface area contributed by atoms with Crippen LogP contribution in [-0.4, -0.2) is 34.9 Å². The molecule has 2 aromatic carbocycles. The van der Waals surface area contributed by atoms with Gasteiger partial charge < -0.3 is 14.9 Å². The number of aromatic carboxylic acids is 2. The smallest absolute Gasteiger partial charge is 0.336 e. The summed E-state index contributed by atoms with van der Waals surface area (Å²) in [6.45, 7) is 0.540. The van der Waals surface area contributed by atoms with Gasteiger partial charge in [-0.15, -0.1) is 0 Å². The first kappa shape index (κ1) is 14.3. The second kappa shape index (κ2) is 5.61. The molecule has 5 heteroatoms. The van der Waals surface area contributed by atoms with Gasteiger partial charge in [-0.2, -0.15) is 0 Å². The van der Waals surface area contributed by atoms with Gasteiger partial charge in [0.15, 0.2) is 0 Å². The molecule has 1 aliphatic heterocycles. The lowest BCUT2D eigenvalue weighted by molar-refractivity contribution is 0.0695. The van der Waals surface area contributed by atoms with Crippen molar-refractivity contribution in [3.63, 3.8) is 0 Å². The molecule has 0 amide bonds. The molecular weight excluding hydrogens is 284 g/mol. The Balaban J connectivity index is 2.17. The van der Waals surface area contributed by atoms with E-state index in [0.29, 0.717) is 24.2 Å². The van der Waals surface area contributed by atoms with Gasteiger partial charge in [0, 0.05) is 6.42 Å². The summed E-state index contributed by atoms with van der Waals surface area (Å²) in [5.74, 6) is -2.26. The first-order valence-corrected chi connectivity index (χ1v) is 6.87. The fourth-order valence-electron chi connectivity index (χ4n) is 2.48. The summed E-state index contributed by atoms with van der Waals surface area (Å²) in [4.78, 5) is 23.1. The van der Waals surface area contributed by atoms with E-state index in [1.54, 1.807) is 0 Å². The molecular formula is C17H14O5. The lowest BCUT2D eigenvalue weighted by atomic mass is 9.92. The third-order valence-corrected chi connectivity index (χ3v) is 3.65. The van der Waals surface area contributed by atoms with E-state index >= 15 is 0 Å². The third kappa shape index (κ3) is 2.84. The van der Waals surface area contributed by atoms with E-state index in [0.717, 1.165) is 5.56 Å². The van der Waals surface area contributed by atoms with Crippen LogP contribution in [0.5, 0.6) is 0 Å². The van der Waals surface area contributed by atoms with Gasteiger partial charge in [-0.1, -0.05) is 30.3 Å². The molecule has 0 aromatic heterocycles. The van der Waals surface area contributed by atoms with Crippen LogP contribution < -0.4 is 0 Å². The molecule has 0 radical (unpaired) electrons. The molecule has 1 atom stereocenters. The van der Waals surface area contributed by atoms with Crippen molar-refractivity contribution < 1.29 is 24.5 Å². The molecule has 1 saturated heterocycles. The Morgan fingerprint density at radius 3 is 2.00 bits per heavy atom. The Morgan fingerprint density at radius 1 is 1.00 bits per heavy atom. The van der Waals surface area contributed by atoms with Gasteiger partial charge >= 0.3 is 11.9 Å². The van der Waals surface area contributed by atoms with Crippen LogP contribution in [0.3, 0.4) is 0 Å². The minimum Gasteiger partial charge on any atom is -0.478 e. The van der Waals surface area contributed by atoms with Gasteiger partial charge in [0.25, 0.3) is 0 Å². The van der Waals surface area contributed by atoms with E-state index in [9.17, 15) is 19.8 Å². The number of ether oxygens (including phenoxy) is 1. The summed E-state index contributed by atoms with van der Waals surface area (Å²) in [6, 6.07) is 12.2. The SMILES string of the molecule is O=C(O)c1cc(-c2ccccc2)cc(C(=O)O)c1CC1CO1. The molecule has 1 aliphatic rings. The van der Waals surface area contributed by atoms with Crippen molar-refractivity contribution in [2.45, 2.75) is 12.5 Å². The topological polar surface area (TPSA) is 87.1 Å². The highest BCUT2D eigenvalue weighted by atomic mass is 16.6. The van der Waals surface area contributed by atoms with Gasteiger partial charge in [0.1, 0.15) is 0 Å². The van der Waals surface area contributed by atoms with Gasteiger partial charge in [-0.05, 0) is 28.8 Å². The number of hydrogen-bond donors (Lipinski definition) is 2. The number of hydrogen-bond acceptors (Lipinski definition) is 3. The number of epoxide rings is 1. The van der Waals surface area contributed by atoms with Crippen molar-refractivity contribution >= 4 is 11.9 Å². The number of benzene rings is 2. The zero-order chi connectivity index (χ0) is 15.7. The fraction of sp³-hybridized carbons (Fsp3) is 0.176. The zero-order valence-corrected chi connectivity index (χ0v) is 11.7. The summed E-state index contributed by atoms with van der Waals surface area (Å²) in [5, 5.41) is 18.9. The number of carbonyl (C=O) groups is 2. The summed E-state index contributed by atoms with van der Waals surface area (Å²) in [5.41, 5.74) is 1.73. The molecule has 1 heterocycles. The maximum absolute atomic E-state index is 11.5. The first-order chi connectivity index (χ1) is 10.6. The zero-order valence-electron chi connectivity index (χ0n) is 11.7. The standard InChI is InChI=1S/C17H14O5/c18-16(19)14-6-11(10-4-2-1-3-5-10)7-15(17(20)21)13(14)8-12-9-22-12/h1-7,12H,8-9H2,(H,18,19)(H,20,21). The van der Waals surface area contributed by atoms with Crippen molar-refractivity contribution in [3.8, 4) is 11.1 Å². The third-order valence-electron chi connectivity index (χ3n) is 3.65. The van der Waals surface area contributed by atoms with Crippen LogP contribution in [0.4, 0.5) is 0 Å². The minimum absolute atomic E-state index is 0.0225. The molecule has 0 spiro atoms. The van der Waals surface area contributed by atoms with E-state index in [2.05, 4.69) is 0 Å². The van der Waals surface area contributed by atoms with Gasteiger partial charge in [-0.3, -0.25) is 0 Å². The van der Waals surface area contributed by atoms with Crippen LogP contribution in [0, 0.1) is 0 Å². The fourth-order valence-corrected chi connectivity index (χ4v) is 2.48. The lowest BCUT2D eigenvalue weighted by Crippen LogP contribution is -2.12. The molecule has 22 heavy (non-hydrogen) atoms. The van der Waals surface area contributed by atoms with E-state index in [1.807, 2.05) is 30.3 Å². The maximum Gasteiger partial charge on any atom is 0.336 e. The molecule has 0 bridgehead atoms. The van der Waals surface area contributed by atoms with Gasteiger partial charge in [-0.25, -0.2) is 9.59 Å². The highest BCUT2D eigenvalue weighted by Gasteiger charge is 2.29. The largest absolute Gasteiger partial charge is 0.478 e. The summed E-state index contributed by atoms with van der Waals surface area (Å²) in [7, 11) is 0. The quantitative estimate of drug-likeness (QED) is 0.829. The van der Waals surface area contributed by atoms with Gasteiger partial charge in [0.2, 0.25) is 0 Å². The molecule has 0 saturated carbocycles. The highest BCUT2D eigenvalue weighted by Crippen LogP contribution is 2.29. The van der Waals surface area contributed by atoms with Crippen LogP contribution in [-0.2, 0) is 11.2 Å². The molecule has 5 nitrogen and oxygen atoms in total. The van der Waals surface area contributed by atoms with Crippen LogP contribution in [0.25, 0.3) is 11.1 Å². The van der Waals surface area contributed by atoms with E-state index in [4.69, 9.17) is 4.74 Å². The molecule has 0 aliphatic carbocycles. The Hall–Kier alpha value is -2.66. The highest BCUT2D eigenvalue weighted by molar-refractivity contribution is 5.99. The minimum atomic E-state index is -1.13. The van der Waals surface area contributed by atoms with Crippen molar-refractivity contribution in [2.24, 2.45) is 0 Å². The van der Waals surface area contributed by atoms with Crippen LogP contribution in [0.1, 0.15) is 26.3 Å². The first-order valence-electron chi connectivity index (χ1n) is 6.87. The van der Waals surface area contributed by atoms with Crippen LogP contribution >= 0.6 is 0 Å². The van der Waals surface area contributed by atoms with Gasteiger partial charge in [0.05, 0.1) is 23.8 Å². The average molecular weight is 298 g/mol.